The van der Waals surface area contributed by atoms with Gasteiger partial charge < -0.3 is 15.2 Å². The standard InChI is InChI=1S/C18H33N3O4/c1-20(14-18(23)24)11-16-12-21(9-10-25-16)13-17(22)19-8-7-15-5-3-2-4-6-15/h15-16H,2-14H2,1H3,(H,19,22)(H,23,24). The second-order valence-electron chi connectivity index (χ2n) is 7.46. The van der Waals surface area contributed by atoms with Crippen molar-refractivity contribution in [1.29, 1.82) is 0 Å². The van der Waals surface area contributed by atoms with Crippen molar-refractivity contribution in [1.82, 2.24) is 15.1 Å². The van der Waals surface area contributed by atoms with Gasteiger partial charge in [0, 0.05) is 26.2 Å². The maximum absolute atomic E-state index is 12.1. The lowest BCUT2D eigenvalue weighted by Crippen LogP contribution is -2.50. The van der Waals surface area contributed by atoms with Crippen LogP contribution in [0.15, 0.2) is 0 Å². The van der Waals surface area contributed by atoms with E-state index in [0.717, 1.165) is 25.4 Å². The quantitative estimate of drug-likeness (QED) is 0.636. The topological polar surface area (TPSA) is 82.1 Å². The maximum Gasteiger partial charge on any atom is 0.317 e. The summed E-state index contributed by atoms with van der Waals surface area (Å²) in [5.41, 5.74) is 0. The lowest BCUT2D eigenvalue weighted by molar-refractivity contribution is -0.138. The predicted molar refractivity (Wildman–Crippen MR) is 95.5 cm³/mol. The van der Waals surface area contributed by atoms with Gasteiger partial charge in [0.05, 0.1) is 25.8 Å². The zero-order chi connectivity index (χ0) is 18.1. The number of carbonyl (C=O) groups is 2. The molecular weight excluding hydrogens is 322 g/mol. The van der Waals surface area contributed by atoms with Crippen LogP contribution in [0, 0.1) is 5.92 Å². The molecule has 1 amide bonds. The van der Waals surface area contributed by atoms with Crippen molar-refractivity contribution in [2.75, 3.05) is 52.9 Å². The van der Waals surface area contributed by atoms with Crippen LogP contribution < -0.4 is 5.32 Å². The summed E-state index contributed by atoms with van der Waals surface area (Å²) in [6.07, 6.45) is 7.71. The number of carbonyl (C=O) groups excluding carboxylic acids is 1. The van der Waals surface area contributed by atoms with E-state index in [-0.39, 0.29) is 18.6 Å². The van der Waals surface area contributed by atoms with Crippen LogP contribution in [0.1, 0.15) is 38.5 Å². The van der Waals surface area contributed by atoms with Gasteiger partial charge in [-0.15, -0.1) is 0 Å². The van der Waals surface area contributed by atoms with Gasteiger partial charge in [-0.3, -0.25) is 19.4 Å². The fourth-order valence-electron chi connectivity index (χ4n) is 3.83. The lowest BCUT2D eigenvalue weighted by atomic mass is 9.87. The minimum atomic E-state index is -0.840. The normalized spacial score (nSPS) is 22.9. The van der Waals surface area contributed by atoms with Crippen LogP contribution >= 0.6 is 0 Å². The molecule has 2 aliphatic rings. The van der Waals surface area contributed by atoms with E-state index < -0.39 is 5.97 Å². The second-order valence-corrected chi connectivity index (χ2v) is 7.46. The number of aliphatic carboxylic acids is 1. The molecule has 2 N–H and O–H groups in total. The van der Waals surface area contributed by atoms with E-state index in [1.807, 2.05) is 0 Å². The Labute approximate surface area is 150 Å². The summed E-state index contributed by atoms with van der Waals surface area (Å²) in [5, 5.41) is 11.9. The Morgan fingerprint density at radius 2 is 2.04 bits per heavy atom. The fourth-order valence-corrected chi connectivity index (χ4v) is 3.83. The summed E-state index contributed by atoms with van der Waals surface area (Å²) >= 11 is 0. The molecule has 1 unspecified atom stereocenters. The molecule has 7 heteroatoms. The van der Waals surface area contributed by atoms with Crippen molar-refractivity contribution < 1.29 is 19.4 Å². The van der Waals surface area contributed by atoms with E-state index in [1.54, 1.807) is 11.9 Å². The molecule has 2 rings (SSSR count). The first-order valence-electron chi connectivity index (χ1n) is 9.54. The van der Waals surface area contributed by atoms with Crippen molar-refractivity contribution in [2.24, 2.45) is 5.92 Å². The monoisotopic (exact) mass is 355 g/mol. The van der Waals surface area contributed by atoms with Gasteiger partial charge in [-0.25, -0.2) is 0 Å². The molecular formula is C18H33N3O4. The summed E-state index contributed by atoms with van der Waals surface area (Å²) in [6, 6.07) is 0. The Morgan fingerprint density at radius 3 is 2.76 bits per heavy atom. The van der Waals surface area contributed by atoms with E-state index in [0.29, 0.717) is 26.2 Å². The summed E-state index contributed by atoms with van der Waals surface area (Å²) < 4.78 is 5.69. The Morgan fingerprint density at radius 1 is 1.28 bits per heavy atom. The van der Waals surface area contributed by atoms with Gasteiger partial charge in [-0.05, 0) is 19.4 Å². The van der Waals surface area contributed by atoms with Gasteiger partial charge in [0.1, 0.15) is 0 Å². The average Bonchev–Trinajstić information content (AvgIpc) is 2.55. The highest BCUT2D eigenvalue weighted by Gasteiger charge is 2.23. The van der Waals surface area contributed by atoms with Crippen molar-refractivity contribution >= 4 is 11.9 Å². The Kier molecular flexibility index (Phi) is 8.64. The average molecular weight is 355 g/mol. The second kappa shape index (κ2) is 10.7. The molecule has 0 aromatic rings. The number of carboxylic acid groups (broad SMARTS) is 1. The van der Waals surface area contributed by atoms with E-state index in [9.17, 15) is 9.59 Å². The molecule has 0 aromatic heterocycles. The van der Waals surface area contributed by atoms with Gasteiger partial charge in [0.15, 0.2) is 0 Å². The third-order valence-corrected chi connectivity index (χ3v) is 5.11. The maximum atomic E-state index is 12.1. The molecule has 144 valence electrons. The number of hydrogen-bond donors (Lipinski definition) is 2. The Bertz CT molecular complexity index is 427. The van der Waals surface area contributed by atoms with Crippen molar-refractivity contribution in [3.8, 4) is 0 Å². The Hall–Kier alpha value is -1.18. The molecule has 0 aromatic carbocycles. The highest BCUT2D eigenvalue weighted by Crippen LogP contribution is 2.25. The van der Waals surface area contributed by atoms with E-state index >= 15 is 0 Å². The molecule has 1 atom stereocenters. The molecule has 0 bridgehead atoms. The van der Waals surface area contributed by atoms with Crippen LogP contribution in [0.4, 0.5) is 0 Å². The largest absolute Gasteiger partial charge is 0.480 e. The number of morpholine rings is 1. The molecule has 25 heavy (non-hydrogen) atoms. The molecule has 7 nitrogen and oxygen atoms in total. The minimum absolute atomic E-state index is 0.00150. The molecule has 1 aliphatic carbocycles. The molecule has 1 aliphatic heterocycles. The van der Waals surface area contributed by atoms with Gasteiger partial charge >= 0.3 is 5.97 Å². The zero-order valence-electron chi connectivity index (χ0n) is 15.4. The van der Waals surface area contributed by atoms with Gasteiger partial charge in [-0.2, -0.15) is 0 Å². The summed E-state index contributed by atoms with van der Waals surface area (Å²) in [7, 11) is 1.77. The molecule has 0 spiro atoms. The first-order valence-corrected chi connectivity index (χ1v) is 9.54. The molecule has 1 saturated heterocycles. The smallest absolute Gasteiger partial charge is 0.317 e. The van der Waals surface area contributed by atoms with Crippen LogP contribution in [0.3, 0.4) is 0 Å². The number of carboxylic acids is 1. The van der Waals surface area contributed by atoms with Crippen LogP contribution in [0.5, 0.6) is 0 Å². The number of hydrogen-bond acceptors (Lipinski definition) is 5. The number of nitrogens with one attached hydrogen (secondary N) is 1. The fraction of sp³-hybridized carbons (Fsp3) is 0.889. The lowest BCUT2D eigenvalue weighted by Gasteiger charge is -2.34. The number of likely N-dealkylation sites (N-methyl/N-ethyl adjacent to an activating group) is 1. The summed E-state index contributed by atoms with van der Waals surface area (Å²) in [6.45, 7) is 3.73. The van der Waals surface area contributed by atoms with Crippen LogP contribution in [-0.4, -0.2) is 85.8 Å². The van der Waals surface area contributed by atoms with Crippen molar-refractivity contribution in [3.63, 3.8) is 0 Å². The zero-order valence-corrected chi connectivity index (χ0v) is 15.4. The number of nitrogens with zero attached hydrogens (tertiary/aromatic N) is 2. The third kappa shape index (κ3) is 8.16. The highest BCUT2D eigenvalue weighted by molar-refractivity contribution is 5.78. The van der Waals surface area contributed by atoms with Crippen molar-refractivity contribution in [3.05, 3.63) is 0 Å². The Balaban J connectivity index is 1.61. The van der Waals surface area contributed by atoms with Gasteiger partial charge in [0.2, 0.25) is 5.91 Å². The van der Waals surface area contributed by atoms with E-state index in [2.05, 4.69) is 10.2 Å². The molecule has 1 heterocycles. The van der Waals surface area contributed by atoms with Crippen LogP contribution in [0.25, 0.3) is 0 Å². The first-order chi connectivity index (χ1) is 12.0. The SMILES string of the molecule is CN(CC(=O)O)CC1CN(CC(=O)NCCC2CCCCC2)CCO1. The van der Waals surface area contributed by atoms with E-state index in [4.69, 9.17) is 9.84 Å². The minimum Gasteiger partial charge on any atom is -0.480 e. The highest BCUT2D eigenvalue weighted by atomic mass is 16.5. The number of rotatable bonds is 9. The number of amides is 1. The number of ether oxygens (including phenoxy) is 1. The van der Waals surface area contributed by atoms with Crippen LogP contribution in [0.2, 0.25) is 0 Å². The van der Waals surface area contributed by atoms with Crippen LogP contribution in [-0.2, 0) is 14.3 Å². The molecule has 1 saturated carbocycles. The third-order valence-electron chi connectivity index (χ3n) is 5.11. The van der Waals surface area contributed by atoms with Gasteiger partial charge in [0.25, 0.3) is 0 Å². The predicted octanol–water partition coefficient (Wildman–Crippen LogP) is 0.790. The van der Waals surface area contributed by atoms with Crippen molar-refractivity contribution in [2.45, 2.75) is 44.6 Å². The molecule has 2 fully saturated rings. The van der Waals surface area contributed by atoms with E-state index in [1.165, 1.54) is 32.1 Å². The van der Waals surface area contributed by atoms with Gasteiger partial charge in [-0.1, -0.05) is 32.1 Å². The summed E-state index contributed by atoms with van der Waals surface area (Å²) in [5.74, 6) is 0.0226. The first kappa shape index (κ1) is 20.1. The molecule has 0 radical (unpaired) electrons. The summed E-state index contributed by atoms with van der Waals surface area (Å²) in [4.78, 5) is 26.7.